The van der Waals surface area contributed by atoms with Crippen LogP contribution < -0.4 is 10.6 Å². The van der Waals surface area contributed by atoms with Crippen molar-refractivity contribution < 1.29 is 15.0 Å². The molecule has 0 aliphatic rings. The SMILES string of the molecule is CC(=O)Nc1cccc(C(C)NC(C)(CO)CO)c1. The van der Waals surface area contributed by atoms with Gasteiger partial charge in [0.1, 0.15) is 0 Å². The van der Waals surface area contributed by atoms with Crippen LogP contribution in [0.25, 0.3) is 0 Å². The number of benzene rings is 1. The number of aliphatic hydroxyl groups is 2. The van der Waals surface area contributed by atoms with Crippen molar-refractivity contribution in [3.63, 3.8) is 0 Å². The molecule has 0 aliphatic heterocycles. The van der Waals surface area contributed by atoms with Crippen molar-refractivity contribution in [1.82, 2.24) is 5.32 Å². The van der Waals surface area contributed by atoms with E-state index in [1.807, 2.05) is 31.2 Å². The number of carbonyl (C=O) groups excluding carboxylic acids is 1. The van der Waals surface area contributed by atoms with Crippen molar-refractivity contribution in [2.24, 2.45) is 0 Å². The summed E-state index contributed by atoms with van der Waals surface area (Å²) in [5, 5.41) is 24.5. The standard InChI is InChI=1S/C14H22N2O3/c1-10(16-14(3,8-17)9-18)12-5-4-6-13(7-12)15-11(2)19/h4-7,10,16-18H,8-9H2,1-3H3,(H,15,19). The van der Waals surface area contributed by atoms with Gasteiger partial charge in [0.25, 0.3) is 0 Å². The highest BCUT2D eigenvalue weighted by Gasteiger charge is 2.24. The lowest BCUT2D eigenvalue weighted by atomic mass is 10.0. The summed E-state index contributed by atoms with van der Waals surface area (Å²) in [5.41, 5.74) is 0.969. The number of aliphatic hydroxyl groups excluding tert-OH is 2. The summed E-state index contributed by atoms with van der Waals surface area (Å²) < 4.78 is 0. The summed E-state index contributed by atoms with van der Waals surface area (Å²) in [7, 11) is 0. The van der Waals surface area contributed by atoms with Crippen molar-refractivity contribution in [1.29, 1.82) is 0 Å². The van der Waals surface area contributed by atoms with Gasteiger partial charge in [-0.25, -0.2) is 0 Å². The first-order valence-corrected chi connectivity index (χ1v) is 6.27. The molecule has 106 valence electrons. The lowest BCUT2D eigenvalue weighted by Gasteiger charge is -2.30. The van der Waals surface area contributed by atoms with E-state index in [4.69, 9.17) is 0 Å². The Kier molecular flexibility index (Phi) is 5.47. The quantitative estimate of drug-likeness (QED) is 0.620. The smallest absolute Gasteiger partial charge is 0.221 e. The largest absolute Gasteiger partial charge is 0.394 e. The van der Waals surface area contributed by atoms with Crippen molar-refractivity contribution in [2.75, 3.05) is 18.5 Å². The summed E-state index contributed by atoms with van der Waals surface area (Å²) >= 11 is 0. The van der Waals surface area contributed by atoms with Crippen LogP contribution in [-0.4, -0.2) is 34.9 Å². The van der Waals surface area contributed by atoms with Crippen LogP contribution in [0.2, 0.25) is 0 Å². The van der Waals surface area contributed by atoms with Gasteiger partial charge in [-0.3, -0.25) is 4.79 Å². The Balaban J connectivity index is 2.82. The molecular weight excluding hydrogens is 244 g/mol. The van der Waals surface area contributed by atoms with E-state index in [0.29, 0.717) is 0 Å². The Hall–Kier alpha value is -1.43. The van der Waals surface area contributed by atoms with Crippen LogP contribution in [-0.2, 0) is 4.79 Å². The highest BCUT2D eigenvalue weighted by atomic mass is 16.3. The second-order valence-electron chi connectivity index (χ2n) is 5.05. The molecule has 1 rings (SSSR count). The lowest BCUT2D eigenvalue weighted by Crippen LogP contribution is -2.49. The summed E-state index contributed by atoms with van der Waals surface area (Å²) in [6, 6.07) is 7.41. The van der Waals surface area contributed by atoms with Crippen LogP contribution in [0.5, 0.6) is 0 Å². The zero-order valence-corrected chi connectivity index (χ0v) is 11.6. The van der Waals surface area contributed by atoms with E-state index in [1.54, 1.807) is 6.92 Å². The van der Waals surface area contributed by atoms with Crippen molar-refractivity contribution in [2.45, 2.75) is 32.4 Å². The Morgan fingerprint density at radius 2 is 2.00 bits per heavy atom. The molecule has 1 aromatic carbocycles. The summed E-state index contributed by atoms with van der Waals surface area (Å²) in [5.74, 6) is -0.117. The minimum absolute atomic E-state index is 0.0574. The molecule has 5 nitrogen and oxygen atoms in total. The highest BCUT2D eigenvalue weighted by molar-refractivity contribution is 5.88. The maximum absolute atomic E-state index is 11.0. The number of hydrogen-bond acceptors (Lipinski definition) is 4. The van der Waals surface area contributed by atoms with Crippen LogP contribution in [0.1, 0.15) is 32.4 Å². The van der Waals surface area contributed by atoms with Gasteiger partial charge in [0.15, 0.2) is 0 Å². The Morgan fingerprint density at radius 1 is 1.37 bits per heavy atom. The molecule has 1 aromatic rings. The summed E-state index contributed by atoms with van der Waals surface area (Å²) in [6.07, 6.45) is 0. The normalized spacial score (nSPS) is 13.1. The van der Waals surface area contributed by atoms with Gasteiger partial charge >= 0.3 is 0 Å². The van der Waals surface area contributed by atoms with E-state index in [-0.39, 0.29) is 25.2 Å². The fraction of sp³-hybridized carbons (Fsp3) is 0.500. The number of amides is 1. The predicted molar refractivity (Wildman–Crippen MR) is 74.9 cm³/mol. The third kappa shape index (κ3) is 4.63. The minimum Gasteiger partial charge on any atom is -0.394 e. The van der Waals surface area contributed by atoms with Gasteiger partial charge in [0, 0.05) is 18.7 Å². The Bertz CT molecular complexity index is 430. The first-order chi connectivity index (χ1) is 8.90. The van der Waals surface area contributed by atoms with E-state index in [9.17, 15) is 15.0 Å². The minimum atomic E-state index is -0.733. The molecule has 0 spiro atoms. The fourth-order valence-corrected chi connectivity index (χ4v) is 1.84. The van der Waals surface area contributed by atoms with Crippen molar-refractivity contribution in [3.05, 3.63) is 29.8 Å². The van der Waals surface area contributed by atoms with Crippen molar-refractivity contribution in [3.8, 4) is 0 Å². The van der Waals surface area contributed by atoms with E-state index in [1.165, 1.54) is 6.92 Å². The Labute approximate surface area is 113 Å². The summed E-state index contributed by atoms with van der Waals surface area (Å²) in [4.78, 5) is 11.0. The van der Waals surface area contributed by atoms with Crippen LogP contribution in [0, 0.1) is 0 Å². The molecule has 0 aliphatic carbocycles. The topological polar surface area (TPSA) is 81.6 Å². The van der Waals surface area contributed by atoms with Crippen LogP contribution >= 0.6 is 0 Å². The third-order valence-electron chi connectivity index (χ3n) is 2.97. The van der Waals surface area contributed by atoms with Crippen LogP contribution in [0.4, 0.5) is 5.69 Å². The number of hydrogen-bond donors (Lipinski definition) is 4. The van der Waals surface area contributed by atoms with Gasteiger partial charge in [-0.05, 0) is 31.5 Å². The molecule has 1 amide bonds. The second-order valence-corrected chi connectivity index (χ2v) is 5.05. The van der Waals surface area contributed by atoms with Gasteiger partial charge in [-0.15, -0.1) is 0 Å². The first-order valence-electron chi connectivity index (χ1n) is 6.27. The molecule has 1 atom stereocenters. The van der Waals surface area contributed by atoms with E-state index < -0.39 is 5.54 Å². The second kappa shape index (κ2) is 6.65. The zero-order chi connectivity index (χ0) is 14.5. The molecule has 0 heterocycles. The molecule has 0 fully saturated rings. The average Bonchev–Trinajstić information content (AvgIpc) is 2.38. The predicted octanol–water partition coefficient (Wildman–Crippen LogP) is 1.04. The molecule has 4 N–H and O–H groups in total. The summed E-state index contributed by atoms with van der Waals surface area (Å²) in [6.45, 7) is 4.85. The van der Waals surface area contributed by atoms with E-state index in [0.717, 1.165) is 11.3 Å². The van der Waals surface area contributed by atoms with Gasteiger partial charge in [-0.1, -0.05) is 12.1 Å². The van der Waals surface area contributed by atoms with E-state index in [2.05, 4.69) is 10.6 Å². The molecular formula is C14H22N2O3. The van der Waals surface area contributed by atoms with Gasteiger partial charge in [0.2, 0.25) is 5.91 Å². The molecule has 5 heteroatoms. The first kappa shape index (κ1) is 15.6. The van der Waals surface area contributed by atoms with Crippen LogP contribution in [0.3, 0.4) is 0 Å². The van der Waals surface area contributed by atoms with Gasteiger partial charge in [0.05, 0.1) is 18.8 Å². The van der Waals surface area contributed by atoms with E-state index >= 15 is 0 Å². The maximum atomic E-state index is 11.0. The molecule has 0 saturated carbocycles. The van der Waals surface area contributed by atoms with Gasteiger partial charge in [-0.2, -0.15) is 0 Å². The Morgan fingerprint density at radius 3 is 2.53 bits per heavy atom. The molecule has 1 unspecified atom stereocenters. The molecule has 19 heavy (non-hydrogen) atoms. The molecule has 0 radical (unpaired) electrons. The molecule has 0 saturated heterocycles. The molecule has 0 aromatic heterocycles. The number of anilines is 1. The monoisotopic (exact) mass is 266 g/mol. The van der Waals surface area contributed by atoms with Gasteiger partial charge < -0.3 is 20.8 Å². The third-order valence-corrected chi connectivity index (χ3v) is 2.97. The lowest BCUT2D eigenvalue weighted by molar-refractivity contribution is -0.114. The fourth-order valence-electron chi connectivity index (χ4n) is 1.84. The average molecular weight is 266 g/mol. The van der Waals surface area contributed by atoms with Crippen molar-refractivity contribution >= 4 is 11.6 Å². The maximum Gasteiger partial charge on any atom is 0.221 e. The highest BCUT2D eigenvalue weighted by Crippen LogP contribution is 2.20. The van der Waals surface area contributed by atoms with Crippen LogP contribution in [0.15, 0.2) is 24.3 Å². The molecule has 0 bridgehead atoms. The zero-order valence-electron chi connectivity index (χ0n) is 11.6. The number of nitrogens with one attached hydrogen (secondary N) is 2. The number of rotatable bonds is 6. The number of carbonyl (C=O) groups is 1.